The van der Waals surface area contributed by atoms with Gasteiger partial charge in [0.2, 0.25) is 0 Å². The first-order valence-corrected chi connectivity index (χ1v) is 5.48. The van der Waals surface area contributed by atoms with Gasteiger partial charge >= 0.3 is 0 Å². The van der Waals surface area contributed by atoms with Crippen LogP contribution >= 0.6 is 0 Å². The molecule has 1 aliphatic rings. The van der Waals surface area contributed by atoms with Crippen molar-refractivity contribution in [3.8, 4) is 5.75 Å². The molecule has 1 aliphatic heterocycles. The van der Waals surface area contributed by atoms with Crippen molar-refractivity contribution in [2.75, 3.05) is 30.8 Å². The number of rotatable bonds is 2. The molecule has 0 aromatic heterocycles. The second-order valence-corrected chi connectivity index (χ2v) is 4.05. The van der Waals surface area contributed by atoms with Gasteiger partial charge in [0.05, 0.1) is 17.9 Å². The van der Waals surface area contributed by atoms with Gasteiger partial charge in [0.15, 0.2) is 5.75 Å². The zero-order chi connectivity index (χ0) is 10.8. The van der Waals surface area contributed by atoms with E-state index < -0.39 is 0 Å². The van der Waals surface area contributed by atoms with Crippen molar-refractivity contribution in [1.29, 1.82) is 0 Å². The van der Waals surface area contributed by atoms with E-state index in [1.165, 1.54) is 5.56 Å². The lowest BCUT2D eigenvalue weighted by Crippen LogP contribution is -2.29. The van der Waals surface area contributed by atoms with E-state index in [0.717, 1.165) is 43.1 Å². The second kappa shape index (κ2) is 4.01. The largest absolute Gasteiger partial charge is 0.487 e. The molecule has 0 aliphatic carbocycles. The molecule has 0 amide bonds. The predicted octanol–water partition coefficient (Wildman–Crippen LogP) is 2.05. The first-order chi connectivity index (χ1) is 7.22. The number of anilines is 2. The molecule has 0 saturated carbocycles. The van der Waals surface area contributed by atoms with Gasteiger partial charge in [-0.3, -0.25) is 0 Å². The molecule has 0 saturated heterocycles. The summed E-state index contributed by atoms with van der Waals surface area (Å²) in [4.78, 5) is 2.20. The Balaban J connectivity index is 2.42. The summed E-state index contributed by atoms with van der Waals surface area (Å²) in [6, 6.07) is 4.22. The minimum absolute atomic E-state index is 0.723. The van der Waals surface area contributed by atoms with Crippen molar-refractivity contribution in [2.45, 2.75) is 19.8 Å². The molecule has 0 atom stereocenters. The van der Waals surface area contributed by atoms with E-state index in [1.807, 2.05) is 6.07 Å². The number of nitrogens with two attached hydrogens (primary N) is 1. The maximum Gasteiger partial charge on any atom is 0.165 e. The van der Waals surface area contributed by atoms with E-state index in [-0.39, 0.29) is 0 Å². The smallest absolute Gasteiger partial charge is 0.165 e. The number of nitrogen functional groups attached to an aromatic ring is 1. The Morgan fingerprint density at radius 1 is 1.47 bits per heavy atom. The zero-order valence-corrected chi connectivity index (χ0v) is 9.42. The van der Waals surface area contributed by atoms with E-state index >= 15 is 0 Å². The van der Waals surface area contributed by atoms with Crippen LogP contribution in [-0.2, 0) is 6.42 Å². The second-order valence-electron chi connectivity index (χ2n) is 4.05. The molecule has 2 N–H and O–H groups in total. The molecule has 1 aromatic rings. The maximum atomic E-state index is 5.98. The van der Waals surface area contributed by atoms with Gasteiger partial charge in [-0.25, -0.2) is 0 Å². The Hall–Kier alpha value is -1.38. The number of nitrogens with zero attached hydrogens (tertiary/aromatic N) is 1. The zero-order valence-electron chi connectivity index (χ0n) is 9.42. The van der Waals surface area contributed by atoms with Crippen LogP contribution in [0.15, 0.2) is 12.1 Å². The standard InChI is InChI=1S/C12H18N2O/c1-3-4-9-7-10(13)12-11(8-9)14(2)5-6-15-12/h7-8H,3-6,13H2,1-2H3. The topological polar surface area (TPSA) is 38.5 Å². The van der Waals surface area contributed by atoms with Gasteiger partial charge in [0, 0.05) is 7.05 Å². The molecular formula is C12H18N2O. The van der Waals surface area contributed by atoms with Crippen LogP contribution in [0.5, 0.6) is 5.75 Å². The quantitative estimate of drug-likeness (QED) is 0.753. The lowest BCUT2D eigenvalue weighted by atomic mass is 10.1. The fraction of sp³-hybridized carbons (Fsp3) is 0.500. The van der Waals surface area contributed by atoms with E-state index in [4.69, 9.17) is 10.5 Å². The summed E-state index contributed by atoms with van der Waals surface area (Å²) in [5, 5.41) is 0. The molecule has 82 valence electrons. The van der Waals surface area contributed by atoms with Crippen LogP contribution in [0.4, 0.5) is 11.4 Å². The van der Waals surface area contributed by atoms with Gasteiger partial charge in [0.1, 0.15) is 6.61 Å². The van der Waals surface area contributed by atoms with Crippen LogP contribution in [0.2, 0.25) is 0 Å². The third-order valence-electron chi connectivity index (χ3n) is 2.78. The average molecular weight is 206 g/mol. The summed E-state index contributed by atoms with van der Waals surface area (Å²) in [7, 11) is 2.08. The third-order valence-corrected chi connectivity index (χ3v) is 2.78. The normalized spacial score (nSPS) is 14.7. The fourth-order valence-corrected chi connectivity index (χ4v) is 1.97. The van der Waals surface area contributed by atoms with Crippen LogP contribution in [-0.4, -0.2) is 20.2 Å². The molecule has 0 fully saturated rings. The van der Waals surface area contributed by atoms with Crippen molar-refractivity contribution in [3.63, 3.8) is 0 Å². The van der Waals surface area contributed by atoms with Crippen molar-refractivity contribution < 1.29 is 4.74 Å². The SMILES string of the molecule is CCCc1cc(N)c2c(c1)N(C)CCO2. The van der Waals surface area contributed by atoms with E-state index in [9.17, 15) is 0 Å². The van der Waals surface area contributed by atoms with Gasteiger partial charge in [0.25, 0.3) is 0 Å². The summed E-state index contributed by atoms with van der Waals surface area (Å²) < 4.78 is 5.59. The number of fused-ring (bicyclic) bond motifs is 1. The van der Waals surface area contributed by atoms with Crippen molar-refractivity contribution in [2.24, 2.45) is 0 Å². The van der Waals surface area contributed by atoms with Crippen LogP contribution in [0, 0.1) is 0 Å². The number of hydrogen-bond donors (Lipinski definition) is 1. The van der Waals surface area contributed by atoms with E-state index in [0.29, 0.717) is 0 Å². The van der Waals surface area contributed by atoms with E-state index in [2.05, 4.69) is 24.9 Å². The Kier molecular flexibility index (Phi) is 2.71. The number of ether oxygens (including phenoxy) is 1. The van der Waals surface area contributed by atoms with Gasteiger partial charge in [-0.2, -0.15) is 0 Å². The number of hydrogen-bond acceptors (Lipinski definition) is 3. The van der Waals surface area contributed by atoms with Crippen LogP contribution in [0.3, 0.4) is 0 Å². The lowest BCUT2D eigenvalue weighted by Gasteiger charge is -2.29. The molecule has 0 radical (unpaired) electrons. The Morgan fingerprint density at radius 3 is 3.00 bits per heavy atom. The highest BCUT2D eigenvalue weighted by atomic mass is 16.5. The third kappa shape index (κ3) is 1.87. The summed E-state index contributed by atoms with van der Waals surface area (Å²) >= 11 is 0. The van der Waals surface area contributed by atoms with Gasteiger partial charge < -0.3 is 15.4 Å². The highest BCUT2D eigenvalue weighted by molar-refractivity contribution is 5.72. The molecular weight excluding hydrogens is 188 g/mol. The van der Waals surface area contributed by atoms with Gasteiger partial charge in [-0.1, -0.05) is 13.3 Å². The highest BCUT2D eigenvalue weighted by Crippen LogP contribution is 2.37. The highest BCUT2D eigenvalue weighted by Gasteiger charge is 2.18. The van der Waals surface area contributed by atoms with Crippen molar-refractivity contribution >= 4 is 11.4 Å². The van der Waals surface area contributed by atoms with Crippen LogP contribution in [0.1, 0.15) is 18.9 Å². The number of likely N-dealkylation sites (N-methyl/N-ethyl adjacent to an activating group) is 1. The van der Waals surface area contributed by atoms with Crippen LogP contribution < -0.4 is 15.4 Å². The molecule has 3 nitrogen and oxygen atoms in total. The molecule has 1 heterocycles. The van der Waals surface area contributed by atoms with Crippen LogP contribution in [0.25, 0.3) is 0 Å². The van der Waals surface area contributed by atoms with Crippen molar-refractivity contribution in [3.05, 3.63) is 17.7 Å². The lowest BCUT2D eigenvalue weighted by molar-refractivity contribution is 0.313. The number of benzene rings is 1. The summed E-state index contributed by atoms with van der Waals surface area (Å²) in [6.45, 7) is 3.83. The molecule has 3 heteroatoms. The fourth-order valence-electron chi connectivity index (χ4n) is 1.97. The summed E-state index contributed by atoms with van der Waals surface area (Å²) in [5.41, 5.74) is 9.18. The summed E-state index contributed by atoms with van der Waals surface area (Å²) in [5.74, 6) is 0.851. The Bertz CT molecular complexity index is 363. The average Bonchev–Trinajstić information content (AvgIpc) is 2.20. The summed E-state index contributed by atoms with van der Waals surface area (Å²) in [6.07, 6.45) is 2.22. The van der Waals surface area contributed by atoms with E-state index in [1.54, 1.807) is 0 Å². The molecule has 15 heavy (non-hydrogen) atoms. The Morgan fingerprint density at radius 2 is 2.27 bits per heavy atom. The first kappa shape index (κ1) is 10.1. The Labute approximate surface area is 90.8 Å². The molecule has 0 spiro atoms. The molecule has 1 aromatic carbocycles. The van der Waals surface area contributed by atoms with Gasteiger partial charge in [-0.15, -0.1) is 0 Å². The number of aryl methyl sites for hydroxylation is 1. The minimum atomic E-state index is 0.723. The van der Waals surface area contributed by atoms with Crippen molar-refractivity contribution in [1.82, 2.24) is 0 Å². The molecule has 2 rings (SSSR count). The molecule has 0 unspecified atom stereocenters. The van der Waals surface area contributed by atoms with Gasteiger partial charge in [-0.05, 0) is 24.1 Å². The minimum Gasteiger partial charge on any atom is -0.487 e. The molecule has 0 bridgehead atoms. The predicted molar refractivity (Wildman–Crippen MR) is 63.6 cm³/mol. The first-order valence-electron chi connectivity index (χ1n) is 5.48. The maximum absolute atomic E-state index is 5.98. The monoisotopic (exact) mass is 206 g/mol.